The van der Waals surface area contributed by atoms with E-state index < -0.39 is 27.5 Å². The van der Waals surface area contributed by atoms with E-state index >= 15 is 0 Å². The van der Waals surface area contributed by atoms with E-state index in [0.29, 0.717) is 0 Å². The van der Waals surface area contributed by atoms with Gasteiger partial charge in [0.2, 0.25) is 0 Å². The van der Waals surface area contributed by atoms with Crippen LogP contribution in [0.15, 0.2) is 65.6 Å². The quantitative estimate of drug-likeness (QED) is 0.144. The molecule has 0 aromatic heterocycles. The lowest BCUT2D eigenvalue weighted by Crippen LogP contribution is -2.36. The fourth-order valence-corrected chi connectivity index (χ4v) is 4.97. The van der Waals surface area contributed by atoms with Crippen LogP contribution >= 0.6 is 15.9 Å². The zero-order chi connectivity index (χ0) is 28.9. The van der Waals surface area contributed by atoms with Gasteiger partial charge in [0.25, 0.3) is 0 Å². The minimum atomic E-state index is -3.35. The summed E-state index contributed by atoms with van der Waals surface area (Å²) < 4.78 is 34.8. The maximum absolute atomic E-state index is 12.6. The van der Waals surface area contributed by atoms with Gasteiger partial charge in [0.1, 0.15) is 18.8 Å². The molecule has 0 radical (unpaired) electrons. The average Bonchev–Trinajstić information content (AvgIpc) is 2.87. The summed E-state index contributed by atoms with van der Waals surface area (Å²) in [5, 5.41) is 3.42. The number of benzene rings is 2. The van der Waals surface area contributed by atoms with Crippen LogP contribution < -0.4 is 5.32 Å². The number of alkyl carbamates (subject to hydrolysis) is 1. The SMILES string of the molecule is CC(C)(C)OC(=O)NCC(=O)OCC(/C(=C/CCCCCCBr)c1ccccc1)c1ccc(S(C)(=O)=O)cc1. The van der Waals surface area contributed by atoms with Gasteiger partial charge in [0.05, 0.1) is 4.90 Å². The van der Waals surface area contributed by atoms with E-state index in [4.69, 9.17) is 9.47 Å². The molecule has 9 heteroatoms. The molecule has 39 heavy (non-hydrogen) atoms. The Kier molecular flexibility index (Phi) is 13.2. The number of hydrogen-bond acceptors (Lipinski definition) is 6. The molecule has 1 N–H and O–H groups in total. The summed E-state index contributed by atoms with van der Waals surface area (Å²) in [6, 6.07) is 16.6. The van der Waals surface area contributed by atoms with E-state index in [1.54, 1.807) is 45.0 Å². The molecule has 0 saturated heterocycles. The summed E-state index contributed by atoms with van der Waals surface area (Å²) in [6.45, 7) is 4.92. The van der Waals surface area contributed by atoms with Crippen LogP contribution in [0.1, 0.15) is 69.9 Å². The lowest BCUT2D eigenvalue weighted by Gasteiger charge is -2.23. The highest BCUT2D eigenvalue weighted by molar-refractivity contribution is 9.09. The molecule has 2 aromatic carbocycles. The number of alkyl halides is 1. The molecule has 1 unspecified atom stereocenters. The number of sulfone groups is 1. The smallest absolute Gasteiger partial charge is 0.408 e. The number of nitrogens with one attached hydrogen (secondary N) is 1. The van der Waals surface area contributed by atoms with Gasteiger partial charge >= 0.3 is 12.1 Å². The average molecular weight is 623 g/mol. The van der Waals surface area contributed by atoms with Crippen molar-refractivity contribution in [2.45, 2.75) is 69.3 Å². The van der Waals surface area contributed by atoms with Gasteiger partial charge in [0, 0.05) is 17.5 Å². The van der Waals surface area contributed by atoms with Gasteiger partial charge in [-0.2, -0.15) is 0 Å². The van der Waals surface area contributed by atoms with Crippen molar-refractivity contribution >= 4 is 43.4 Å². The molecule has 2 rings (SSSR count). The maximum atomic E-state index is 12.6. The third kappa shape index (κ3) is 12.4. The summed E-state index contributed by atoms with van der Waals surface area (Å²) in [7, 11) is -3.35. The van der Waals surface area contributed by atoms with Crippen molar-refractivity contribution in [2.24, 2.45) is 0 Å². The molecule has 0 aliphatic rings. The molecular weight excluding hydrogens is 582 g/mol. The summed E-state index contributed by atoms with van der Waals surface area (Å²) in [6.07, 6.45) is 7.95. The number of rotatable bonds is 14. The second-order valence-corrected chi connectivity index (χ2v) is 13.2. The van der Waals surface area contributed by atoms with Crippen LogP contribution in [0.5, 0.6) is 0 Å². The van der Waals surface area contributed by atoms with Gasteiger partial charge in [-0.05, 0) is 68.9 Å². The summed E-state index contributed by atoms with van der Waals surface area (Å²) in [5.74, 6) is -0.935. The number of unbranched alkanes of at least 4 members (excludes halogenated alkanes) is 4. The third-order valence-corrected chi connectivity index (χ3v) is 7.52. The van der Waals surface area contributed by atoms with Crippen molar-refractivity contribution < 1.29 is 27.5 Å². The molecule has 0 spiro atoms. The Morgan fingerprint density at radius 2 is 1.62 bits per heavy atom. The number of carbonyl (C=O) groups excluding carboxylic acids is 2. The number of esters is 1. The Labute approximate surface area is 241 Å². The van der Waals surface area contributed by atoms with Gasteiger partial charge in [-0.15, -0.1) is 0 Å². The summed E-state index contributed by atoms with van der Waals surface area (Å²) in [4.78, 5) is 24.7. The van der Waals surface area contributed by atoms with Crippen LogP contribution in [0.2, 0.25) is 0 Å². The second-order valence-electron chi connectivity index (χ2n) is 10.3. The fraction of sp³-hybridized carbons (Fsp3) is 0.467. The maximum Gasteiger partial charge on any atom is 0.408 e. The first-order valence-corrected chi connectivity index (χ1v) is 16.2. The first kappa shape index (κ1) is 32.6. The summed E-state index contributed by atoms with van der Waals surface area (Å²) >= 11 is 3.47. The van der Waals surface area contributed by atoms with Gasteiger partial charge in [0.15, 0.2) is 9.84 Å². The van der Waals surface area contributed by atoms with Crippen LogP contribution in [-0.2, 0) is 24.1 Å². The Balaban J connectivity index is 2.29. The normalized spacial score (nSPS) is 13.0. The largest absolute Gasteiger partial charge is 0.463 e. The molecule has 7 nitrogen and oxygen atoms in total. The van der Waals surface area contributed by atoms with E-state index in [0.717, 1.165) is 54.1 Å². The van der Waals surface area contributed by atoms with Gasteiger partial charge in [-0.25, -0.2) is 13.2 Å². The van der Waals surface area contributed by atoms with E-state index in [9.17, 15) is 18.0 Å². The zero-order valence-corrected chi connectivity index (χ0v) is 25.6. The lowest BCUT2D eigenvalue weighted by molar-refractivity contribution is -0.142. The Bertz CT molecular complexity index is 1190. The van der Waals surface area contributed by atoms with Crippen LogP contribution in [0.3, 0.4) is 0 Å². The molecule has 1 atom stereocenters. The number of hydrogen-bond donors (Lipinski definition) is 1. The fourth-order valence-electron chi connectivity index (χ4n) is 3.94. The minimum absolute atomic E-state index is 0.0252. The molecule has 0 aliphatic heterocycles. The van der Waals surface area contributed by atoms with Gasteiger partial charge in [-0.1, -0.05) is 77.3 Å². The number of halogens is 1. The van der Waals surface area contributed by atoms with Crippen LogP contribution in [0.4, 0.5) is 4.79 Å². The lowest BCUT2D eigenvalue weighted by atomic mass is 9.86. The highest BCUT2D eigenvalue weighted by Gasteiger charge is 2.22. The van der Waals surface area contributed by atoms with Gasteiger partial charge in [-0.3, -0.25) is 4.79 Å². The molecule has 0 bridgehead atoms. The highest BCUT2D eigenvalue weighted by Crippen LogP contribution is 2.34. The van der Waals surface area contributed by atoms with E-state index in [-0.39, 0.29) is 24.0 Å². The molecule has 1 amide bonds. The van der Waals surface area contributed by atoms with Crippen molar-refractivity contribution in [3.8, 4) is 0 Å². The Morgan fingerprint density at radius 3 is 2.21 bits per heavy atom. The van der Waals surface area contributed by atoms with Crippen LogP contribution in [-0.4, -0.2) is 50.8 Å². The molecule has 214 valence electrons. The van der Waals surface area contributed by atoms with E-state index in [1.165, 1.54) is 6.26 Å². The van der Waals surface area contributed by atoms with Crippen molar-refractivity contribution in [1.29, 1.82) is 0 Å². The Hall–Kier alpha value is -2.65. The van der Waals surface area contributed by atoms with Crippen molar-refractivity contribution in [3.63, 3.8) is 0 Å². The monoisotopic (exact) mass is 621 g/mol. The predicted octanol–water partition coefficient (Wildman–Crippen LogP) is 6.67. The molecule has 2 aromatic rings. The minimum Gasteiger partial charge on any atom is -0.463 e. The molecule has 0 aliphatic carbocycles. The molecule has 0 saturated carbocycles. The molecule has 0 heterocycles. The topological polar surface area (TPSA) is 98.8 Å². The number of ether oxygens (including phenoxy) is 2. The first-order chi connectivity index (χ1) is 18.4. The van der Waals surface area contributed by atoms with Crippen LogP contribution in [0, 0.1) is 0 Å². The van der Waals surface area contributed by atoms with Crippen molar-refractivity contribution in [3.05, 3.63) is 71.8 Å². The number of carbonyl (C=O) groups is 2. The highest BCUT2D eigenvalue weighted by atomic mass is 79.9. The third-order valence-electron chi connectivity index (χ3n) is 5.83. The first-order valence-electron chi connectivity index (χ1n) is 13.1. The van der Waals surface area contributed by atoms with E-state index in [2.05, 4.69) is 27.3 Å². The molecule has 0 fully saturated rings. The van der Waals surface area contributed by atoms with Crippen molar-refractivity contribution in [2.75, 3.05) is 24.7 Å². The summed E-state index contributed by atoms with van der Waals surface area (Å²) in [5.41, 5.74) is 2.14. The Morgan fingerprint density at radius 1 is 0.974 bits per heavy atom. The standard InChI is InChI=1S/C30H40BrNO6S/c1-30(2,3)38-29(34)32-21-28(33)37-22-27(24-16-18-25(19-17-24)39(4,35)36)26(23-13-9-8-10-14-23)15-11-6-5-7-12-20-31/h8-10,13-19,27H,5-7,11-12,20-22H2,1-4H3,(H,32,34)/b26-15+. The van der Waals surface area contributed by atoms with Gasteiger partial charge < -0.3 is 14.8 Å². The number of allylic oxidation sites excluding steroid dienone is 1. The second kappa shape index (κ2) is 15.8. The van der Waals surface area contributed by atoms with Crippen molar-refractivity contribution in [1.82, 2.24) is 5.32 Å². The predicted molar refractivity (Wildman–Crippen MR) is 159 cm³/mol. The molecular formula is C30H40BrNO6S. The van der Waals surface area contributed by atoms with E-state index in [1.807, 2.05) is 30.3 Å². The van der Waals surface area contributed by atoms with Crippen LogP contribution in [0.25, 0.3) is 5.57 Å². The zero-order valence-electron chi connectivity index (χ0n) is 23.2. The number of amides is 1.